The monoisotopic (exact) mass is 649 g/mol. The van der Waals surface area contributed by atoms with Crippen LogP contribution in [0.15, 0.2) is 102 Å². The zero-order valence-corrected chi connectivity index (χ0v) is 26.4. The Balaban J connectivity index is 1.78. The minimum Gasteiger partial charge on any atom is -0.352 e. The van der Waals surface area contributed by atoms with E-state index in [0.717, 1.165) is 38.0 Å². The molecule has 42 heavy (non-hydrogen) atoms. The van der Waals surface area contributed by atoms with Gasteiger partial charge in [-0.25, -0.2) is 8.42 Å². The molecule has 4 rings (SSSR count). The van der Waals surface area contributed by atoms with Crippen molar-refractivity contribution in [1.29, 1.82) is 0 Å². The van der Waals surface area contributed by atoms with E-state index in [1.165, 1.54) is 4.90 Å². The van der Waals surface area contributed by atoms with Crippen molar-refractivity contribution in [1.82, 2.24) is 10.2 Å². The molecule has 7 nitrogen and oxygen atoms in total. The molecule has 2 amide bonds. The summed E-state index contributed by atoms with van der Waals surface area (Å²) in [5.41, 5.74) is 2.12. The molecule has 0 bridgehead atoms. The molecule has 4 aromatic carbocycles. The van der Waals surface area contributed by atoms with E-state index in [2.05, 4.69) is 21.2 Å². The molecule has 0 heterocycles. The number of carbonyl (C=O) groups is 2. The summed E-state index contributed by atoms with van der Waals surface area (Å²) in [6, 6.07) is 28.9. The van der Waals surface area contributed by atoms with Crippen LogP contribution in [-0.2, 0) is 32.6 Å². The first-order chi connectivity index (χ1) is 20.1. The van der Waals surface area contributed by atoms with Crippen LogP contribution in [-0.4, -0.2) is 50.0 Å². The Morgan fingerprint density at radius 3 is 2.17 bits per heavy atom. The van der Waals surface area contributed by atoms with Crippen molar-refractivity contribution < 1.29 is 18.0 Å². The molecule has 0 fully saturated rings. The molecule has 0 aromatic heterocycles. The third kappa shape index (κ3) is 7.98. The van der Waals surface area contributed by atoms with Gasteiger partial charge in [-0.05, 0) is 48.1 Å². The first-order valence-corrected chi connectivity index (χ1v) is 16.5. The number of nitrogens with zero attached hydrogens (tertiary/aromatic N) is 2. The zero-order valence-electron chi connectivity index (χ0n) is 24.0. The highest BCUT2D eigenvalue weighted by Gasteiger charge is 2.33. The summed E-state index contributed by atoms with van der Waals surface area (Å²) in [7, 11) is -3.87. The van der Waals surface area contributed by atoms with Crippen LogP contribution in [0.4, 0.5) is 5.69 Å². The summed E-state index contributed by atoms with van der Waals surface area (Å²) in [5.74, 6) is -0.758. The van der Waals surface area contributed by atoms with Gasteiger partial charge in [0.2, 0.25) is 21.8 Å². The third-order valence-electron chi connectivity index (χ3n) is 7.25. The maximum atomic E-state index is 14.3. The Morgan fingerprint density at radius 2 is 1.50 bits per heavy atom. The summed E-state index contributed by atoms with van der Waals surface area (Å²) in [6.45, 7) is 3.58. The Labute approximate surface area is 256 Å². The molecule has 2 atom stereocenters. The molecule has 0 saturated heterocycles. The number of halogens is 1. The maximum Gasteiger partial charge on any atom is 0.244 e. The lowest BCUT2D eigenvalue weighted by Gasteiger charge is -2.34. The average Bonchev–Trinajstić information content (AvgIpc) is 2.98. The van der Waals surface area contributed by atoms with Crippen molar-refractivity contribution in [2.24, 2.45) is 0 Å². The van der Waals surface area contributed by atoms with Gasteiger partial charge < -0.3 is 10.2 Å². The summed E-state index contributed by atoms with van der Waals surface area (Å²) in [4.78, 5) is 29.6. The molecule has 0 unspecified atom stereocenters. The summed E-state index contributed by atoms with van der Waals surface area (Å²) in [5, 5.41) is 4.62. The molecule has 220 valence electrons. The lowest BCUT2D eigenvalue weighted by Crippen LogP contribution is -2.54. The minimum atomic E-state index is -3.87. The quantitative estimate of drug-likeness (QED) is 0.206. The van der Waals surface area contributed by atoms with Gasteiger partial charge in [0.25, 0.3) is 0 Å². The fourth-order valence-electron chi connectivity index (χ4n) is 4.80. The second-order valence-corrected chi connectivity index (χ2v) is 13.3. The Morgan fingerprint density at radius 1 is 0.857 bits per heavy atom. The van der Waals surface area contributed by atoms with E-state index in [-0.39, 0.29) is 24.9 Å². The SMILES string of the molecule is CC[C@@H](C)NC(=O)[C@@H](Cc1ccccc1)N(Cc1ccc(Br)cc1)C(=O)CN(c1cccc2ccccc12)S(C)(=O)=O. The second-order valence-electron chi connectivity index (χ2n) is 10.4. The standard InChI is InChI=1S/C33H36BrN3O4S/c1-4-24(2)35-33(39)31(21-25-11-6-5-7-12-25)36(22-26-17-19-28(34)20-18-26)32(38)23-37(42(3,40)41)30-16-10-14-27-13-8-9-15-29(27)30/h5-20,24,31H,4,21-23H2,1-3H3,(H,35,39)/t24-,31-/m1/s1. The number of rotatable bonds is 12. The second kappa shape index (κ2) is 14.0. The van der Waals surface area contributed by atoms with Gasteiger partial charge in [0.1, 0.15) is 12.6 Å². The fraction of sp³-hybridized carbons (Fsp3) is 0.273. The molecule has 0 aliphatic rings. The summed E-state index contributed by atoms with van der Waals surface area (Å²) >= 11 is 3.45. The number of nitrogens with one attached hydrogen (secondary N) is 1. The number of hydrogen-bond donors (Lipinski definition) is 1. The van der Waals surface area contributed by atoms with Crippen LogP contribution in [0, 0.1) is 0 Å². The number of sulfonamides is 1. The van der Waals surface area contributed by atoms with Gasteiger partial charge in [-0.1, -0.05) is 102 Å². The predicted molar refractivity (Wildman–Crippen MR) is 173 cm³/mol. The number of hydrogen-bond acceptors (Lipinski definition) is 4. The molecular formula is C33H36BrN3O4S. The van der Waals surface area contributed by atoms with Crippen molar-refractivity contribution in [2.75, 3.05) is 17.1 Å². The predicted octanol–water partition coefficient (Wildman–Crippen LogP) is 5.92. The molecule has 0 aliphatic heterocycles. The minimum absolute atomic E-state index is 0.0939. The number of benzene rings is 4. The maximum absolute atomic E-state index is 14.3. The molecule has 0 saturated carbocycles. The van der Waals surface area contributed by atoms with Gasteiger partial charge in [0.05, 0.1) is 11.9 Å². The highest BCUT2D eigenvalue weighted by Crippen LogP contribution is 2.29. The van der Waals surface area contributed by atoms with E-state index >= 15 is 0 Å². The van der Waals surface area contributed by atoms with Crippen LogP contribution >= 0.6 is 15.9 Å². The molecule has 0 aliphatic carbocycles. The largest absolute Gasteiger partial charge is 0.352 e. The average molecular weight is 651 g/mol. The molecular weight excluding hydrogens is 614 g/mol. The number of anilines is 1. The van der Waals surface area contributed by atoms with Crippen LogP contribution in [0.5, 0.6) is 0 Å². The van der Waals surface area contributed by atoms with Gasteiger partial charge in [0.15, 0.2) is 0 Å². The van der Waals surface area contributed by atoms with Gasteiger partial charge in [-0.2, -0.15) is 0 Å². The summed E-state index contributed by atoms with van der Waals surface area (Å²) in [6.07, 6.45) is 2.10. The molecule has 4 aromatic rings. The first-order valence-electron chi connectivity index (χ1n) is 13.9. The molecule has 1 N–H and O–H groups in total. The number of carbonyl (C=O) groups excluding carboxylic acids is 2. The van der Waals surface area contributed by atoms with Crippen molar-refractivity contribution in [3.8, 4) is 0 Å². The van der Waals surface area contributed by atoms with E-state index in [9.17, 15) is 18.0 Å². The van der Waals surface area contributed by atoms with Crippen LogP contribution in [0.1, 0.15) is 31.4 Å². The Kier molecular flexibility index (Phi) is 10.4. The van der Waals surface area contributed by atoms with E-state index in [1.54, 1.807) is 12.1 Å². The lowest BCUT2D eigenvalue weighted by atomic mass is 10.0. The Hall–Kier alpha value is -3.69. The van der Waals surface area contributed by atoms with E-state index in [1.807, 2.05) is 98.8 Å². The number of amides is 2. The third-order valence-corrected chi connectivity index (χ3v) is 8.91. The van der Waals surface area contributed by atoms with Gasteiger partial charge in [-0.3, -0.25) is 13.9 Å². The van der Waals surface area contributed by atoms with Crippen LogP contribution in [0.2, 0.25) is 0 Å². The molecule has 9 heteroatoms. The highest BCUT2D eigenvalue weighted by molar-refractivity contribution is 9.10. The van der Waals surface area contributed by atoms with E-state index in [4.69, 9.17) is 0 Å². The molecule has 0 spiro atoms. The van der Waals surface area contributed by atoms with Crippen molar-refractivity contribution in [3.63, 3.8) is 0 Å². The normalized spacial score (nSPS) is 12.9. The first kappa shape index (κ1) is 31.3. The van der Waals surface area contributed by atoms with Gasteiger partial charge >= 0.3 is 0 Å². The van der Waals surface area contributed by atoms with Crippen LogP contribution in [0.25, 0.3) is 10.8 Å². The van der Waals surface area contributed by atoms with Crippen molar-refractivity contribution in [3.05, 3.63) is 113 Å². The number of fused-ring (bicyclic) bond motifs is 1. The molecule has 0 radical (unpaired) electrons. The fourth-order valence-corrected chi connectivity index (χ4v) is 5.93. The summed E-state index contributed by atoms with van der Waals surface area (Å²) < 4.78 is 28.4. The zero-order chi connectivity index (χ0) is 30.3. The smallest absolute Gasteiger partial charge is 0.244 e. The lowest BCUT2D eigenvalue weighted by molar-refractivity contribution is -0.140. The Bertz CT molecular complexity index is 1620. The van der Waals surface area contributed by atoms with E-state index < -0.39 is 28.5 Å². The van der Waals surface area contributed by atoms with Crippen molar-refractivity contribution in [2.45, 2.75) is 45.3 Å². The van der Waals surface area contributed by atoms with Gasteiger partial charge in [0, 0.05) is 28.9 Å². The van der Waals surface area contributed by atoms with Crippen LogP contribution in [0.3, 0.4) is 0 Å². The highest BCUT2D eigenvalue weighted by atomic mass is 79.9. The van der Waals surface area contributed by atoms with E-state index in [0.29, 0.717) is 11.1 Å². The van der Waals surface area contributed by atoms with Crippen LogP contribution < -0.4 is 9.62 Å². The van der Waals surface area contributed by atoms with Crippen molar-refractivity contribution >= 4 is 54.2 Å². The topological polar surface area (TPSA) is 86.8 Å². The van der Waals surface area contributed by atoms with Gasteiger partial charge in [-0.15, -0.1) is 0 Å².